The smallest absolute Gasteiger partial charge is 0.226 e. The second-order valence-corrected chi connectivity index (χ2v) is 6.65. The zero-order valence-corrected chi connectivity index (χ0v) is 14.8. The molecule has 0 spiro atoms. The maximum atomic E-state index is 11.9. The molecule has 1 unspecified atom stereocenters. The van der Waals surface area contributed by atoms with Crippen LogP contribution in [0, 0.1) is 5.92 Å². The van der Waals surface area contributed by atoms with Gasteiger partial charge in [0.1, 0.15) is 12.4 Å². The molecule has 0 aliphatic carbocycles. The van der Waals surface area contributed by atoms with Crippen LogP contribution in [0.5, 0.6) is 5.75 Å². The molecule has 0 radical (unpaired) electrons. The highest BCUT2D eigenvalue weighted by molar-refractivity contribution is 9.10. The van der Waals surface area contributed by atoms with E-state index in [1.54, 1.807) is 6.07 Å². The Morgan fingerprint density at radius 2 is 2.21 bits per heavy atom. The first-order valence-electron chi connectivity index (χ1n) is 7.86. The van der Waals surface area contributed by atoms with Gasteiger partial charge < -0.3 is 19.3 Å². The number of halogens is 1. The van der Waals surface area contributed by atoms with Gasteiger partial charge >= 0.3 is 0 Å². The fourth-order valence-electron chi connectivity index (χ4n) is 2.42. The van der Waals surface area contributed by atoms with Crippen molar-refractivity contribution >= 4 is 21.8 Å². The molecular weight excluding hydrogens is 376 g/mol. The molecule has 1 aliphatic rings. The zero-order valence-electron chi connectivity index (χ0n) is 13.2. The van der Waals surface area contributed by atoms with Crippen LogP contribution in [0.15, 0.2) is 39.3 Å². The minimum Gasteiger partial charge on any atom is -0.486 e. The second-order valence-electron chi connectivity index (χ2n) is 5.74. The lowest BCUT2D eigenvalue weighted by Gasteiger charge is -2.08. The molecule has 24 heavy (non-hydrogen) atoms. The molecule has 1 N–H and O–H groups in total. The number of carbonyl (C=O) groups excluding carboxylic acids is 1. The largest absolute Gasteiger partial charge is 0.486 e. The molecule has 1 saturated heterocycles. The third-order valence-electron chi connectivity index (χ3n) is 3.76. The number of rotatable bonds is 7. The van der Waals surface area contributed by atoms with Gasteiger partial charge in [-0.1, -0.05) is 21.1 Å². The van der Waals surface area contributed by atoms with Crippen LogP contribution < -0.4 is 10.1 Å². The van der Waals surface area contributed by atoms with Crippen LogP contribution in [-0.4, -0.2) is 30.8 Å². The Balaban J connectivity index is 1.42. The summed E-state index contributed by atoms with van der Waals surface area (Å²) in [5.74, 6) is 1.69. The van der Waals surface area contributed by atoms with Crippen molar-refractivity contribution in [2.45, 2.75) is 19.4 Å². The topological polar surface area (TPSA) is 73.6 Å². The third-order valence-corrected chi connectivity index (χ3v) is 4.28. The van der Waals surface area contributed by atoms with Crippen molar-refractivity contribution in [2.24, 2.45) is 5.92 Å². The minimum absolute atomic E-state index is 0.0597. The predicted molar refractivity (Wildman–Crippen MR) is 90.6 cm³/mol. The summed E-state index contributed by atoms with van der Waals surface area (Å²) in [6.07, 6.45) is 1.21. The second kappa shape index (κ2) is 8.30. The van der Waals surface area contributed by atoms with E-state index >= 15 is 0 Å². The van der Waals surface area contributed by atoms with Gasteiger partial charge in [0.25, 0.3) is 0 Å². The zero-order chi connectivity index (χ0) is 16.8. The molecule has 2 heterocycles. The Morgan fingerprint density at radius 1 is 1.38 bits per heavy atom. The number of nitrogens with one attached hydrogen (secondary N) is 1. The van der Waals surface area contributed by atoms with Gasteiger partial charge in [0.05, 0.1) is 18.7 Å². The first-order chi connectivity index (χ1) is 11.7. The van der Waals surface area contributed by atoms with Crippen molar-refractivity contribution < 1.29 is 18.8 Å². The normalized spacial score (nSPS) is 17.0. The SMILES string of the molecule is O=C(Cc1cc(COc2ccc(Br)cc2)on1)NCC1CCOC1. The van der Waals surface area contributed by atoms with Crippen molar-refractivity contribution in [1.82, 2.24) is 10.5 Å². The fraction of sp³-hybridized carbons (Fsp3) is 0.412. The van der Waals surface area contributed by atoms with Crippen LogP contribution in [0.1, 0.15) is 17.9 Å². The first kappa shape index (κ1) is 17.0. The monoisotopic (exact) mass is 394 g/mol. The van der Waals surface area contributed by atoms with E-state index < -0.39 is 0 Å². The Bertz CT molecular complexity index is 665. The summed E-state index contributed by atoms with van der Waals surface area (Å²) in [6.45, 7) is 2.43. The molecule has 128 valence electrons. The first-order valence-corrected chi connectivity index (χ1v) is 8.65. The highest BCUT2D eigenvalue weighted by Gasteiger charge is 2.17. The van der Waals surface area contributed by atoms with Crippen LogP contribution in [0.3, 0.4) is 0 Å². The lowest BCUT2D eigenvalue weighted by molar-refractivity contribution is -0.120. The summed E-state index contributed by atoms with van der Waals surface area (Å²) >= 11 is 3.37. The Kier molecular flexibility index (Phi) is 5.87. The van der Waals surface area contributed by atoms with Gasteiger partial charge in [-0.15, -0.1) is 0 Å². The Labute approximate surface area is 148 Å². The third kappa shape index (κ3) is 5.07. The summed E-state index contributed by atoms with van der Waals surface area (Å²) in [7, 11) is 0. The summed E-state index contributed by atoms with van der Waals surface area (Å²) in [5.41, 5.74) is 0.601. The van der Waals surface area contributed by atoms with Gasteiger partial charge in [0.2, 0.25) is 5.91 Å². The average Bonchev–Trinajstić information content (AvgIpc) is 3.24. The summed E-state index contributed by atoms with van der Waals surface area (Å²) < 4.78 is 17.1. The van der Waals surface area contributed by atoms with Gasteiger partial charge in [0.15, 0.2) is 5.76 Å². The molecule has 6 nitrogen and oxygen atoms in total. The van der Waals surface area contributed by atoms with E-state index in [1.807, 2.05) is 24.3 Å². The molecule has 0 saturated carbocycles. The quantitative estimate of drug-likeness (QED) is 0.781. The van der Waals surface area contributed by atoms with E-state index in [1.165, 1.54) is 0 Å². The van der Waals surface area contributed by atoms with Gasteiger partial charge in [-0.3, -0.25) is 4.79 Å². The minimum atomic E-state index is -0.0597. The molecule has 1 amide bonds. The van der Waals surface area contributed by atoms with E-state index in [0.717, 1.165) is 29.9 Å². The number of hydrogen-bond acceptors (Lipinski definition) is 5. The van der Waals surface area contributed by atoms with E-state index in [0.29, 0.717) is 23.9 Å². The van der Waals surface area contributed by atoms with Crippen LogP contribution in [0.25, 0.3) is 0 Å². The molecule has 1 aromatic carbocycles. The van der Waals surface area contributed by atoms with Crippen molar-refractivity contribution in [2.75, 3.05) is 19.8 Å². The van der Waals surface area contributed by atoms with Gasteiger partial charge in [0, 0.05) is 29.6 Å². The molecule has 1 aromatic heterocycles. The molecule has 1 aliphatic heterocycles. The van der Waals surface area contributed by atoms with Crippen molar-refractivity contribution in [1.29, 1.82) is 0 Å². The number of amides is 1. The van der Waals surface area contributed by atoms with E-state index in [-0.39, 0.29) is 18.9 Å². The van der Waals surface area contributed by atoms with Crippen LogP contribution in [-0.2, 0) is 22.6 Å². The Morgan fingerprint density at radius 3 is 2.96 bits per heavy atom. The van der Waals surface area contributed by atoms with E-state index in [4.69, 9.17) is 14.0 Å². The average molecular weight is 395 g/mol. The number of ether oxygens (including phenoxy) is 2. The number of aromatic nitrogens is 1. The van der Waals surface area contributed by atoms with Gasteiger partial charge in [-0.25, -0.2) is 0 Å². The molecule has 3 rings (SSSR count). The van der Waals surface area contributed by atoms with E-state index in [9.17, 15) is 4.79 Å². The van der Waals surface area contributed by atoms with Gasteiger partial charge in [-0.2, -0.15) is 0 Å². The van der Waals surface area contributed by atoms with Crippen LogP contribution in [0.4, 0.5) is 0 Å². The highest BCUT2D eigenvalue weighted by atomic mass is 79.9. The van der Waals surface area contributed by atoms with E-state index in [2.05, 4.69) is 26.4 Å². The number of benzene rings is 1. The summed E-state index contributed by atoms with van der Waals surface area (Å²) in [6, 6.07) is 9.28. The molecule has 7 heteroatoms. The number of nitrogens with zero attached hydrogens (tertiary/aromatic N) is 1. The lowest BCUT2D eigenvalue weighted by atomic mass is 10.1. The van der Waals surface area contributed by atoms with Crippen LogP contribution >= 0.6 is 15.9 Å². The van der Waals surface area contributed by atoms with Crippen molar-refractivity contribution in [3.8, 4) is 5.75 Å². The van der Waals surface area contributed by atoms with Gasteiger partial charge in [-0.05, 0) is 30.7 Å². The maximum Gasteiger partial charge on any atom is 0.226 e. The highest BCUT2D eigenvalue weighted by Crippen LogP contribution is 2.17. The standard InChI is InChI=1S/C17H19BrN2O4/c18-13-1-3-15(4-2-13)23-11-16-7-14(20-24-16)8-17(21)19-9-12-5-6-22-10-12/h1-4,7,12H,5-6,8-11H2,(H,19,21). The molecule has 0 bridgehead atoms. The van der Waals surface area contributed by atoms with Crippen molar-refractivity contribution in [3.63, 3.8) is 0 Å². The number of carbonyl (C=O) groups is 1. The predicted octanol–water partition coefficient (Wildman–Crippen LogP) is 2.71. The Hall–Kier alpha value is -1.86. The molecule has 2 aromatic rings. The number of hydrogen-bond donors (Lipinski definition) is 1. The lowest BCUT2D eigenvalue weighted by Crippen LogP contribution is -2.30. The molecule has 1 atom stereocenters. The maximum absolute atomic E-state index is 11.9. The summed E-state index contributed by atoms with van der Waals surface area (Å²) in [4.78, 5) is 11.9. The van der Waals surface area contributed by atoms with Crippen molar-refractivity contribution in [3.05, 3.63) is 46.3 Å². The molecular formula is C17H19BrN2O4. The molecule has 1 fully saturated rings. The summed E-state index contributed by atoms with van der Waals surface area (Å²) in [5, 5.41) is 6.82. The fourth-order valence-corrected chi connectivity index (χ4v) is 2.69. The van der Waals surface area contributed by atoms with Crippen LogP contribution in [0.2, 0.25) is 0 Å².